The number of benzene rings is 1. The summed E-state index contributed by atoms with van der Waals surface area (Å²) in [5.41, 5.74) is 8.09. The lowest BCUT2D eigenvalue weighted by Gasteiger charge is -2.13. The van der Waals surface area contributed by atoms with E-state index >= 15 is 0 Å². The van der Waals surface area contributed by atoms with Gasteiger partial charge in [-0.3, -0.25) is 0 Å². The van der Waals surface area contributed by atoms with Crippen molar-refractivity contribution in [1.82, 2.24) is 9.62 Å². The second-order valence-electron chi connectivity index (χ2n) is 4.66. The molecule has 0 fully saturated rings. The quantitative estimate of drug-likeness (QED) is 0.774. The molecule has 6 heteroatoms. The first-order chi connectivity index (χ1) is 8.24. The minimum atomic E-state index is -3.47. The van der Waals surface area contributed by atoms with Crippen LogP contribution in [-0.4, -0.2) is 40.5 Å². The highest BCUT2D eigenvalue weighted by Crippen LogP contribution is 2.21. The number of aryl methyl sites for hydroxylation is 1. The van der Waals surface area contributed by atoms with Crippen LogP contribution in [-0.2, 0) is 10.0 Å². The van der Waals surface area contributed by atoms with Crippen molar-refractivity contribution in [2.24, 2.45) is 0 Å². The largest absolute Gasteiger partial charge is 0.398 e. The fraction of sp³-hybridized carbons (Fsp3) is 0.500. The van der Waals surface area contributed by atoms with Gasteiger partial charge in [-0.05, 0) is 51.2 Å². The number of likely N-dealkylation sites (N-methyl/N-ethyl adjacent to an activating group) is 1. The van der Waals surface area contributed by atoms with E-state index in [9.17, 15) is 8.42 Å². The summed E-state index contributed by atoms with van der Waals surface area (Å²) >= 11 is 0. The van der Waals surface area contributed by atoms with E-state index in [4.69, 9.17) is 5.73 Å². The van der Waals surface area contributed by atoms with Gasteiger partial charge in [0.25, 0.3) is 0 Å². The molecule has 0 amide bonds. The molecule has 0 bridgehead atoms. The number of hydrogen-bond acceptors (Lipinski definition) is 4. The van der Waals surface area contributed by atoms with Crippen molar-refractivity contribution in [3.05, 3.63) is 23.3 Å². The normalized spacial score (nSPS) is 12.1. The van der Waals surface area contributed by atoms with Crippen LogP contribution in [0.3, 0.4) is 0 Å². The van der Waals surface area contributed by atoms with E-state index < -0.39 is 10.0 Å². The maximum atomic E-state index is 12.0. The molecule has 0 saturated heterocycles. The average molecular weight is 271 g/mol. The summed E-state index contributed by atoms with van der Waals surface area (Å²) < 4.78 is 26.6. The van der Waals surface area contributed by atoms with Gasteiger partial charge in [-0.15, -0.1) is 0 Å². The Morgan fingerprint density at radius 3 is 2.39 bits per heavy atom. The zero-order valence-electron chi connectivity index (χ0n) is 11.3. The van der Waals surface area contributed by atoms with Crippen LogP contribution in [0.4, 0.5) is 5.69 Å². The molecular weight excluding hydrogens is 250 g/mol. The molecule has 0 aromatic heterocycles. The highest BCUT2D eigenvalue weighted by atomic mass is 32.2. The third-order valence-electron chi connectivity index (χ3n) is 2.84. The number of nitrogens with two attached hydrogens (primary N) is 1. The Bertz CT molecular complexity index is 501. The molecule has 0 unspecified atom stereocenters. The van der Waals surface area contributed by atoms with Crippen LogP contribution in [0.1, 0.15) is 11.1 Å². The van der Waals surface area contributed by atoms with Crippen molar-refractivity contribution in [1.29, 1.82) is 0 Å². The van der Waals surface area contributed by atoms with E-state index in [2.05, 4.69) is 4.72 Å². The molecule has 0 radical (unpaired) electrons. The van der Waals surface area contributed by atoms with E-state index in [1.807, 2.05) is 32.8 Å². The summed E-state index contributed by atoms with van der Waals surface area (Å²) in [5, 5.41) is 0. The third kappa shape index (κ3) is 3.69. The van der Waals surface area contributed by atoms with Gasteiger partial charge in [0, 0.05) is 18.8 Å². The number of rotatable bonds is 5. The molecule has 0 heterocycles. The second kappa shape index (κ2) is 5.69. The Morgan fingerprint density at radius 1 is 1.28 bits per heavy atom. The Morgan fingerprint density at radius 2 is 1.89 bits per heavy atom. The fourth-order valence-electron chi connectivity index (χ4n) is 1.49. The van der Waals surface area contributed by atoms with Gasteiger partial charge in [0.05, 0.1) is 4.90 Å². The predicted molar refractivity (Wildman–Crippen MR) is 74.1 cm³/mol. The summed E-state index contributed by atoms with van der Waals surface area (Å²) in [6.07, 6.45) is 0. The number of sulfonamides is 1. The molecule has 0 aliphatic rings. The Balaban J connectivity index is 2.92. The van der Waals surface area contributed by atoms with Crippen molar-refractivity contribution in [3.63, 3.8) is 0 Å². The van der Waals surface area contributed by atoms with Gasteiger partial charge in [-0.25, -0.2) is 13.1 Å². The van der Waals surface area contributed by atoms with Gasteiger partial charge in [-0.1, -0.05) is 0 Å². The SMILES string of the molecule is Cc1cc(S(=O)(=O)NCCN(C)C)cc(N)c1C. The lowest BCUT2D eigenvalue weighted by Crippen LogP contribution is -2.31. The summed E-state index contributed by atoms with van der Waals surface area (Å²) in [6.45, 7) is 4.76. The maximum absolute atomic E-state index is 12.0. The Labute approximate surface area is 109 Å². The van der Waals surface area contributed by atoms with Crippen molar-refractivity contribution in [3.8, 4) is 0 Å². The van der Waals surface area contributed by atoms with E-state index in [0.717, 1.165) is 11.1 Å². The number of anilines is 1. The minimum absolute atomic E-state index is 0.224. The van der Waals surface area contributed by atoms with E-state index in [0.29, 0.717) is 18.8 Å². The predicted octanol–water partition coefficient (Wildman–Crippen LogP) is 0.726. The summed E-state index contributed by atoms with van der Waals surface area (Å²) in [6, 6.07) is 3.14. The fourth-order valence-corrected chi connectivity index (χ4v) is 2.64. The molecule has 0 spiro atoms. The molecular formula is C12H21N3O2S. The molecule has 0 aliphatic carbocycles. The lowest BCUT2D eigenvalue weighted by molar-refractivity contribution is 0.412. The van der Waals surface area contributed by atoms with Gasteiger partial charge in [-0.2, -0.15) is 0 Å². The summed E-state index contributed by atoms with van der Waals surface area (Å²) in [5.74, 6) is 0. The van der Waals surface area contributed by atoms with Gasteiger partial charge in [0.2, 0.25) is 10.0 Å². The Hall–Kier alpha value is -1.11. The molecule has 3 N–H and O–H groups in total. The first-order valence-corrected chi connectivity index (χ1v) is 7.23. The summed E-state index contributed by atoms with van der Waals surface area (Å²) in [4.78, 5) is 2.14. The molecule has 1 aromatic rings. The number of nitrogen functional groups attached to an aromatic ring is 1. The minimum Gasteiger partial charge on any atom is -0.398 e. The van der Waals surface area contributed by atoms with Crippen LogP contribution in [0.25, 0.3) is 0 Å². The average Bonchev–Trinajstić information content (AvgIpc) is 2.24. The third-order valence-corrected chi connectivity index (χ3v) is 4.28. The molecule has 0 aliphatic heterocycles. The topological polar surface area (TPSA) is 75.4 Å². The van der Waals surface area contributed by atoms with Gasteiger partial charge >= 0.3 is 0 Å². The zero-order valence-corrected chi connectivity index (χ0v) is 12.1. The molecule has 5 nitrogen and oxygen atoms in total. The van der Waals surface area contributed by atoms with Crippen molar-refractivity contribution in [2.45, 2.75) is 18.7 Å². The van der Waals surface area contributed by atoms with Crippen molar-refractivity contribution >= 4 is 15.7 Å². The van der Waals surface area contributed by atoms with Crippen LogP contribution >= 0.6 is 0 Å². The number of nitrogens with zero attached hydrogens (tertiary/aromatic N) is 1. The standard InChI is InChI=1S/C12H21N3O2S/c1-9-7-11(8-12(13)10(9)2)18(16,17)14-5-6-15(3)4/h7-8,14H,5-6,13H2,1-4H3. The second-order valence-corrected chi connectivity index (χ2v) is 6.42. The molecule has 0 atom stereocenters. The maximum Gasteiger partial charge on any atom is 0.240 e. The van der Waals surface area contributed by atoms with E-state index in [1.165, 1.54) is 6.07 Å². The van der Waals surface area contributed by atoms with E-state index in [1.54, 1.807) is 6.07 Å². The van der Waals surface area contributed by atoms with Gasteiger partial charge in [0.15, 0.2) is 0 Å². The zero-order chi connectivity index (χ0) is 13.9. The molecule has 1 aromatic carbocycles. The highest BCUT2D eigenvalue weighted by molar-refractivity contribution is 7.89. The van der Waals surface area contributed by atoms with Crippen LogP contribution < -0.4 is 10.5 Å². The lowest BCUT2D eigenvalue weighted by atomic mass is 10.1. The van der Waals surface area contributed by atoms with Gasteiger partial charge < -0.3 is 10.6 Å². The van der Waals surface area contributed by atoms with E-state index in [-0.39, 0.29) is 4.90 Å². The smallest absolute Gasteiger partial charge is 0.240 e. The van der Waals surface area contributed by atoms with Crippen molar-refractivity contribution in [2.75, 3.05) is 32.9 Å². The van der Waals surface area contributed by atoms with Crippen LogP contribution in [0.15, 0.2) is 17.0 Å². The van der Waals surface area contributed by atoms with Crippen molar-refractivity contribution < 1.29 is 8.42 Å². The first-order valence-electron chi connectivity index (χ1n) is 5.75. The monoisotopic (exact) mass is 271 g/mol. The first kappa shape index (κ1) is 14.9. The number of hydrogen-bond donors (Lipinski definition) is 2. The molecule has 0 saturated carbocycles. The van der Waals surface area contributed by atoms with Crippen LogP contribution in [0, 0.1) is 13.8 Å². The molecule has 1 rings (SSSR count). The summed E-state index contributed by atoms with van der Waals surface area (Å²) in [7, 11) is 0.308. The highest BCUT2D eigenvalue weighted by Gasteiger charge is 2.15. The molecule has 102 valence electrons. The van der Waals surface area contributed by atoms with Crippen LogP contribution in [0.5, 0.6) is 0 Å². The Kier molecular flexibility index (Phi) is 4.72. The number of nitrogens with one attached hydrogen (secondary N) is 1. The molecule has 18 heavy (non-hydrogen) atoms. The van der Waals surface area contributed by atoms with Crippen LogP contribution in [0.2, 0.25) is 0 Å². The van der Waals surface area contributed by atoms with Gasteiger partial charge in [0.1, 0.15) is 0 Å².